The molecule has 0 bridgehead atoms. The van der Waals surface area contributed by atoms with E-state index in [1.165, 1.54) is 17.5 Å². The topological polar surface area (TPSA) is 38.5 Å². The van der Waals surface area contributed by atoms with Gasteiger partial charge in [0, 0.05) is 13.2 Å². The van der Waals surface area contributed by atoms with Gasteiger partial charge in [-0.2, -0.15) is 0 Å². The van der Waals surface area contributed by atoms with Crippen molar-refractivity contribution >= 4 is 0 Å². The fraction of sp³-hybridized carbons (Fsp3) is 0.600. The van der Waals surface area contributed by atoms with Crippen LogP contribution in [-0.2, 0) is 11.3 Å². The quantitative estimate of drug-likeness (QED) is 0.868. The highest BCUT2D eigenvalue weighted by Gasteiger charge is 2.33. The second kappa shape index (κ2) is 6.32. The lowest BCUT2D eigenvalue weighted by Gasteiger charge is -2.27. The minimum absolute atomic E-state index is 0.483. The molecule has 0 spiro atoms. The predicted molar refractivity (Wildman–Crippen MR) is 74.3 cm³/mol. The van der Waals surface area contributed by atoms with E-state index < -0.39 is 0 Å². The van der Waals surface area contributed by atoms with Gasteiger partial charge >= 0.3 is 0 Å². The van der Waals surface area contributed by atoms with Crippen molar-refractivity contribution in [3.8, 4) is 0 Å². The Hall–Kier alpha value is -0.900. The van der Waals surface area contributed by atoms with E-state index in [2.05, 4.69) is 36.1 Å². The lowest BCUT2D eigenvalue weighted by molar-refractivity contribution is 0.184. The predicted octanol–water partition coefficient (Wildman–Crippen LogP) is 2.17. The molecular weight excluding hydrogens is 224 g/mol. The lowest BCUT2D eigenvalue weighted by atomic mass is 9.93. The van der Waals surface area contributed by atoms with Crippen LogP contribution in [0.4, 0.5) is 0 Å². The van der Waals surface area contributed by atoms with Crippen molar-refractivity contribution in [2.45, 2.75) is 26.0 Å². The fourth-order valence-electron chi connectivity index (χ4n) is 3.04. The number of nitrogens with zero attached hydrogens (tertiary/aromatic N) is 1. The van der Waals surface area contributed by atoms with E-state index in [1.54, 1.807) is 7.11 Å². The zero-order valence-corrected chi connectivity index (χ0v) is 11.4. The highest BCUT2D eigenvalue weighted by atomic mass is 16.5. The first-order valence-electron chi connectivity index (χ1n) is 6.82. The number of rotatable bonds is 5. The highest BCUT2D eigenvalue weighted by Crippen LogP contribution is 2.36. The minimum Gasteiger partial charge on any atom is -0.380 e. The number of hydrogen-bond acceptors (Lipinski definition) is 3. The summed E-state index contributed by atoms with van der Waals surface area (Å²) in [6.07, 6.45) is 1.21. The number of ether oxygens (including phenoxy) is 1. The third kappa shape index (κ3) is 2.74. The summed E-state index contributed by atoms with van der Waals surface area (Å²) >= 11 is 0. The van der Waals surface area contributed by atoms with E-state index in [0.29, 0.717) is 18.6 Å². The lowest BCUT2D eigenvalue weighted by Crippen LogP contribution is -2.28. The third-order valence-corrected chi connectivity index (χ3v) is 3.94. The maximum absolute atomic E-state index is 5.92. The summed E-state index contributed by atoms with van der Waals surface area (Å²) in [5.41, 5.74) is 8.56. The number of hydrogen-bond donors (Lipinski definition) is 1. The minimum atomic E-state index is 0.483. The molecule has 0 amide bonds. The molecule has 0 radical (unpaired) electrons. The third-order valence-electron chi connectivity index (χ3n) is 3.94. The molecule has 2 atom stereocenters. The van der Waals surface area contributed by atoms with E-state index in [0.717, 1.165) is 19.6 Å². The molecule has 1 heterocycles. The Kier molecular flexibility index (Phi) is 4.75. The maximum Gasteiger partial charge on any atom is 0.0713 e. The average Bonchev–Trinajstić information content (AvgIpc) is 2.82. The molecule has 0 saturated carbocycles. The Balaban J connectivity index is 2.24. The Morgan fingerprint density at radius 3 is 2.94 bits per heavy atom. The molecule has 3 nitrogen and oxygen atoms in total. The van der Waals surface area contributed by atoms with E-state index in [4.69, 9.17) is 10.5 Å². The zero-order chi connectivity index (χ0) is 13.0. The average molecular weight is 248 g/mol. The maximum atomic E-state index is 5.92. The first-order valence-corrected chi connectivity index (χ1v) is 6.82. The standard InChI is InChI=1S/C15H24N2O/c1-3-17-8-7-14(10-16)15(17)13-6-4-5-12(9-13)11-18-2/h4-6,9,14-15H,3,7-8,10-11,16H2,1-2H3. The van der Waals surface area contributed by atoms with Gasteiger partial charge in [-0.05, 0) is 43.1 Å². The van der Waals surface area contributed by atoms with E-state index in [-0.39, 0.29) is 0 Å². The molecule has 2 N–H and O–H groups in total. The van der Waals surface area contributed by atoms with Crippen LogP contribution in [0.2, 0.25) is 0 Å². The summed E-state index contributed by atoms with van der Waals surface area (Å²) in [5, 5.41) is 0. The Bertz CT molecular complexity index is 369. The van der Waals surface area contributed by atoms with E-state index in [9.17, 15) is 0 Å². The molecule has 1 aromatic rings. The van der Waals surface area contributed by atoms with Crippen LogP contribution in [0.5, 0.6) is 0 Å². The Morgan fingerprint density at radius 2 is 2.28 bits per heavy atom. The van der Waals surface area contributed by atoms with Crippen molar-refractivity contribution in [1.29, 1.82) is 0 Å². The number of likely N-dealkylation sites (tertiary alicyclic amines) is 1. The van der Waals surface area contributed by atoms with Crippen molar-refractivity contribution in [2.75, 3.05) is 26.7 Å². The second-order valence-electron chi connectivity index (χ2n) is 5.04. The molecule has 0 aliphatic carbocycles. The molecule has 1 fully saturated rings. The first-order chi connectivity index (χ1) is 8.80. The highest BCUT2D eigenvalue weighted by molar-refractivity contribution is 5.27. The van der Waals surface area contributed by atoms with Crippen molar-refractivity contribution in [3.63, 3.8) is 0 Å². The van der Waals surface area contributed by atoms with E-state index >= 15 is 0 Å². The zero-order valence-electron chi connectivity index (χ0n) is 11.4. The van der Waals surface area contributed by atoms with Gasteiger partial charge in [-0.15, -0.1) is 0 Å². The van der Waals surface area contributed by atoms with Crippen molar-refractivity contribution < 1.29 is 4.74 Å². The van der Waals surface area contributed by atoms with Crippen LogP contribution in [0, 0.1) is 5.92 Å². The van der Waals surface area contributed by atoms with Crippen LogP contribution in [0.3, 0.4) is 0 Å². The van der Waals surface area contributed by atoms with Crippen LogP contribution in [-0.4, -0.2) is 31.6 Å². The van der Waals surface area contributed by atoms with Crippen LogP contribution < -0.4 is 5.73 Å². The van der Waals surface area contributed by atoms with Crippen molar-refractivity contribution in [3.05, 3.63) is 35.4 Å². The number of nitrogens with two attached hydrogens (primary N) is 1. The van der Waals surface area contributed by atoms with Crippen molar-refractivity contribution in [1.82, 2.24) is 4.90 Å². The van der Waals surface area contributed by atoms with Gasteiger partial charge in [-0.25, -0.2) is 0 Å². The molecule has 1 aromatic carbocycles. The summed E-state index contributed by atoms with van der Waals surface area (Å²) in [6, 6.07) is 9.22. The molecule has 2 rings (SSSR count). The van der Waals surface area contributed by atoms with Gasteiger partial charge in [0.05, 0.1) is 6.61 Å². The van der Waals surface area contributed by atoms with Gasteiger partial charge in [-0.1, -0.05) is 31.2 Å². The van der Waals surface area contributed by atoms with Gasteiger partial charge in [-0.3, -0.25) is 4.90 Å². The van der Waals surface area contributed by atoms with Crippen LogP contribution >= 0.6 is 0 Å². The summed E-state index contributed by atoms with van der Waals surface area (Å²) in [5.74, 6) is 0.586. The Labute approximate surface area is 110 Å². The molecule has 18 heavy (non-hydrogen) atoms. The van der Waals surface area contributed by atoms with Crippen LogP contribution in [0.1, 0.15) is 30.5 Å². The summed E-state index contributed by atoms with van der Waals surface area (Å²) < 4.78 is 5.21. The molecule has 100 valence electrons. The summed E-state index contributed by atoms with van der Waals surface area (Å²) in [6.45, 7) is 5.94. The van der Waals surface area contributed by atoms with Gasteiger partial charge in [0.25, 0.3) is 0 Å². The molecule has 1 aliphatic heterocycles. The van der Waals surface area contributed by atoms with Gasteiger partial charge in [0.1, 0.15) is 0 Å². The largest absolute Gasteiger partial charge is 0.380 e. The van der Waals surface area contributed by atoms with Crippen molar-refractivity contribution in [2.24, 2.45) is 11.7 Å². The molecular formula is C15H24N2O. The van der Waals surface area contributed by atoms with Gasteiger partial charge in [0.2, 0.25) is 0 Å². The van der Waals surface area contributed by atoms with E-state index in [1.807, 2.05) is 0 Å². The normalized spacial score (nSPS) is 24.6. The SMILES string of the molecule is CCN1CCC(CN)C1c1cccc(COC)c1. The first kappa shape index (κ1) is 13.5. The molecule has 1 saturated heterocycles. The molecule has 2 unspecified atom stereocenters. The Morgan fingerprint density at radius 1 is 1.44 bits per heavy atom. The molecule has 1 aliphatic rings. The summed E-state index contributed by atoms with van der Waals surface area (Å²) in [7, 11) is 1.74. The number of methoxy groups -OCH3 is 1. The fourth-order valence-corrected chi connectivity index (χ4v) is 3.04. The van der Waals surface area contributed by atoms with Crippen LogP contribution in [0.15, 0.2) is 24.3 Å². The monoisotopic (exact) mass is 248 g/mol. The molecule has 0 aromatic heterocycles. The van der Waals surface area contributed by atoms with Crippen LogP contribution in [0.25, 0.3) is 0 Å². The molecule has 3 heteroatoms. The van der Waals surface area contributed by atoms with Gasteiger partial charge in [0.15, 0.2) is 0 Å². The van der Waals surface area contributed by atoms with Gasteiger partial charge < -0.3 is 10.5 Å². The summed E-state index contributed by atoms with van der Waals surface area (Å²) in [4.78, 5) is 2.53. The second-order valence-corrected chi connectivity index (χ2v) is 5.04. The smallest absolute Gasteiger partial charge is 0.0713 e. The number of benzene rings is 1.